The van der Waals surface area contributed by atoms with E-state index >= 15 is 0 Å². The van der Waals surface area contributed by atoms with Gasteiger partial charge in [-0.3, -0.25) is 4.79 Å². The van der Waals surface area contributed by atoms with E-state index in [-0.39, 0.29) is 11.8 Å². The molecule has 1 atom stereocenters. The second kappa shape index (κ2) is 8.95. The lowest BCUT2D eigenvalue weighted by molar-refractivity contribution is -0.125. The Hall–Kier alpha value is -2.77. The van der Waals surface area contributed by atoms with Crippen molar-refractivity contribution in [1.29, 1.82) is 0 Å². The molecule has 2 aliphatic rings. The van der Waals surface area contributed by atoms with Gasteiger partial charge in [0.25, 0.3) is 0 Å². The topological polar surface area (TPSA) is 88.8 Å². The normalized spacial score (nSPS) is 19.9. The molecule has 0 spiro atoms. The molecule has 0 unspecified atom stereocenters. The van der Waals surface area contributed by atoms with Gasteiger partial charge in [-0.1, -0.05) is 11.6 Å². The first kappa shape index (κ1) is 18.6. The van der Waals surface area contributed by atoms with Gasteiger partial charge >= 0.3 is 0 Å². The zero-order chi connectivity index (χ0) is 19.2. The van der Waals surface area contributed by atoms with Crippen molar-refractivity contribution >= 4 is 11.7 Å². The number of piperidine rings is 1. The fraction of sp³-hybridized carbons (Fsp3) is 0.550. The Morgan fingerprint density at radius 1 is 1.18 bits per heavy atom. The van der Waals surface area contributed by atoms with E-state index in [1.807, 2.05) is 6.07 Å². The zero-order valence-corrected chi connectivity index (χ0v) is 16.1. The van der Waals surface area contributed by atoms with Crippen molar-refractivity contribution in [3.63, 3.8) is 0 Å². The molecule has 2 aromatic heterocycles. The minimum absolute atomic E-state index is 0.00105. The minimum atomic E-state index is -0.00105. The quantitative estimate of drug-likeness (QED) is 0.772. The highest BCUT2D eigenvalue weighted by Gasteiger charge is 2.26. The van der Waals surface area contributed by atoms with Crippen LogP contribution in [-0.4, -0.2) is 50.3 Å². The molecule has 0 bridgehead atoms. The first-order chi connectivity index (χ1) is 13.8. The fourth-order valence-corrected chi connectivity index (χ4v) is 3.98. The van der Waals surface area contributed by atoms with Gasteiger partial charge in [0.1, 0.15) is 24.8 Å². The SMILES string of the molecule is O=C(NCCC1=CCCCC1)[C@H]1CCCN(c2cc(-n3cncn3)ncn2)C1. The van der Waals surface area contributed by atoms with Gasteiger partial charge in [0, 0.05) is 25.7 Å². The third-order valence-corrected chi connectivity index (χ3v) is 5.54. The molecule has 2 aromatic rings. The number of nitrogens with one attached hydrogen (secondary N) is 1. The summed E-state index contributed by atoms with van der Waals surface area (Å²) in [4.78, 5) is 27.4. The molecule has 28 heavy (non-hydrogen) atoms. The number of allylic oxidation sites excluding steroid dienone is 1. The number of aromatic nitrogens is 5. The molecular formula is C20H27N7O. The van der Waals surface area contributed by atoms with Crippen LogP contribution in [-0.2, 0) is 4.79 Å². The number of amides is 1. The first-order valence-corrected chi connectivity index (χ1v) is 10.2. The zero-order valence-electron chi connectivity index (χ0n) is 16.1. The van der Waals surface area contributed by atoms with Gasteiger partial charge in [0.2, 0.25) is 5.91 Å². The molecule has 1 aliphatic heterocycles. The van der Waals surface area contributed by atoms with Crippen molar-refractivity contribution in [2.75, 3.05) is 24.5 Å². The van der Waals surface area contributed by atoms with Crippen molar-refractivity contribution in [1.82, 2.24) is 30.0 Å². The molecule has 1 fully saturated rings. The predicted molar refractivity (Wildman–Crippen MR) is 106 cm³/mol. The van der Waals surface area contributed by atoms with Crippen molar-refractivity contribution < 1.29 is 4.79 Å². The number of hydrogen-bond acceptors (Lipinski definition) is 6. The predicted octanol–water partition coefficient (Wildman–Crippen LogP) is 2.28. The van der Waals surface area contributed by atoms with Crippen molar-refractivity contribution in [3.05, 3.63) is 36.7 Å². The van der Waals surface area contributed by atoms with Crippen molar-refractivity contribution in [2.45, 2.75) is 44.9 Å². The van der Waals surface area contributed by atoms with E-state index in [1.165, 1.54) is 43.9 Å². The van der Waals surface area contributed by atoms with Gasteiger partial charge in [0.05, 0.1) is 5.92 Å². The molecule has 8 heteroatoms. The molecule has 148 valence electrons. The first-order valence-electron chi connectivity index (χ1n) is 10.2. The summed E-state index contributed by atoms with van der Waals surface area (Å²) in [6.07, 6.45) is 14.8. The number of hydrogen-bond donors (Lipinski definition) is 1. The van der Waals surface area contributed by atoms with Gasteiger partial charge in [-0.15, -0.1) is 0 Å². The smallest absolute Gasteiger partial charge is 0.224 e. The summed E-state index contributed by atoms with van der Waals surface area (Å²) in [6, 6.07) is 1.89. The van der Waals surface area contributed by atoms with E-state index in [9.17, 15) is 4.79 Å². The Bertz CT molecular complexity index is 818. The number of nitrogens with zero attached hydrogens (tertiary/aromatic N) is 6. The summed E-state index contributed by atoms with van der Waals surface area (Å²) in [6.45, 7) is 2.32. The van der Waals surface area contributed by atoms with Crippen LogP contribution in [0.15, 0.2) is 36.7 Å². The van der Waals surface area contributed by atoms with Crippen LogP contribution in [0.2, 0.25) is 0 Å². The van der Waals surface area contributed by atoms with Crippen molar-refractivity contribution in [3.8, 4) is 5.82 Å². The highest BCUT2D eigenvalue weighted by molar-refractivity contribution is 5.79. The van der Waals surface area contributed by atoms with Crippen molar-refractivity contribution in [2.24, 2.45) is 5.92 Å². The Labute approximate surface area is 165 Å². The van der Waals surface area contributed by atoms with Gasteiger partial charge in [-0.05, 0) is 44.9 Å². The maximum absolute atomic E-state index is 12.7. The monoisotopic (exact) mass is 381 g/mol. The van der Waals surface area contributed by atoms with Crippen LogP contribution < -0.4 is 10.2 Å². The molecule has 1 amide bonds. The Morgan fingerprint density at radius 2 is 2.11 bits per heavy atom. The molecule has 1 N–H and O–H groups in total. The van der Waals surface area contributed by atoms with E-state index in [2.05, 4.69) is 36.3 Å². The van der Waals surface area contributed by atoms with Crippen LogP contribution in [0, 0.1) is 5.92 Å². The summed E-state index contributed by atoms with van der Waals surface area (Å²) in [5.41, 5.74) is 1.50. The Kier molecular flexibility index (Phi) is 5.94. The highest BCUT2D eigenvalue weighted by Crippen LogP contribution is 2.23. The Morgan fingerprint density at radius 3 is 2.93 bits per heavy atom. The maximum atomic E-state index is 12.7. The second-order valence-electron chi connectivity index (χ2n) is 7.51. The summed E-state index contributed by atoms with van der Waals surface area (Å²) in [7, 11) is 0. The third kappa shape index (κ3) is 4.55. The summed E-state index contributed by atoms with van der Waals surface area (Å²) in [5.74, 6) is 1.66. The average Bonchev–Trinajstić information content (AvgIpc) is 3.30. The number of anilines is 1. The van der Waals surface area contributed by atoms with Crippen LogP contribution in [0.25, 0.3) is 5.82 Å². The average molecular weight is 381 g/mol. The van der Waals surface area contributed by atoms with Gasteiger partial charge < -0.3 is 10.2 Å². The number of carbonyl (C=O) groups excluding carboxylic acids is 1. The van der Waals surface area contributed by atoms with Gasteiger partial charge in [-0.2, -0.15) is 5.10 Å². The lowest BCUT2D eigenvalue weighted by atomic mass is 9.96. The highest BCUT2D eigenvalue weighted by atomic mass is 16.1. The molecule has 8 nitrogen and oxygen atoms in total. The molecule has 3 heterocycles. The molecule has 1 aliphatic carbocycles. The maximum Gasteiger partial charge on any atom is 0.224 e. The number of rotatable bonds is 6. The molecule has 4 rings (SSSR count). The lowest BCUT2D eigenvalue weighted by Gasteiger charge is -2.33. The van der Waals surface area contributed by atoms with E-state index in [4.69, 9.17) is 0 Å². The lowest BCUT2D eigenvalue weighted by Crippen LogP contribution is -2.43. The standard InChI is InChI=1S/C20H27N7O/c28-20(22-9-8-16-5-2-1-3-6-16)17-7-4-10-26(12-17)18-11-19(24-14-23-18)27-15-21-13-25-27/h5,11,13-15,17H,1-4,6-10,12H2,(H,22,28)/t17-/m0/s1. The van der Waals surface area contributed by atoms with E-state index in [1.54, 1.807) is 11.0 Å². The summed E-state index contributed by atoms with van der Waals surface area (Å²) < 4.78 is 1.61. The number of carbonyl (C=O) groups is 1. The van der Waals surface area contributed by atoms with Crippen LogP contribution in [0.5, 0.6) is 0 Å². The van der Waals surface area contributed by atoms with Crippen LogP contribution in [0.1, 0.15) is 44.9 Å². The molecular weight excluding hydrogens is 354 g/mol. The third-order valence-electron chi connectivity index (χ3n) is 5.54. The van der Waals surface area contributed by atoms with Gasteiger partial charge in [-0.25, -0.2) is 19.6 Å². The van der Waals surface area contributed by atoms with E-state index < -0.39 is 0 Å². The molecule has 1 saturated heterocycles. The van der Waals surface area contributed by atoms with E-state index in [0.29, 0.717) is 12.4 Å². The molecule has 0 aromatic carbocycles. The minimum Gasteiger partial charge on any atom is -0.356 e. The summed E-state index contributed by atoms with van der Waals surface area (Å²) in [5, 5.41) is 7.26. The molecule has 0 radical (unpaired) electrons. The second-order valence-corrected chi connectivity index (χ2v) is 7.51. The van der Waals surface area contributed by atoms with Crippen LogP contribution in [0.4, 0.5) is 5.82 Å². The largest absolute Gasteiger partial charge is 0.356 e. The van der Waals surface area contributed by atoms with Crippen LogP contribution >= 0.6 is 0 Å². The van der Waals surface area contributed by atoms with Gasteiger partial charge in [0.15, 0.2) is 5.82 Å². The fourth-order valence-electron chi connectivity index (χ4n) is 3.98. The molecule has 0 saturated carbocycles. The van der Waals surface area contributed by atoms with Crippen LogP contribution in [0.3, 0.4) is 0 Å². The van der Waals surface area contributed by atoms with E-state index in [0.717, 1.165) is 38.2 Å². The summed E-state index contributed by atoms with van der Waals surface area (Å²) >= 11 is 0. The Balaban J connectivity index is 1.33.